The molecule has 0 unspecified atom stereocenters. The van der Waals surface area contributed by atoms with Crippen LogP contribution in [0.3, 0.4) is 0 Å². The molecule has 2 nitrogen and oxygen atoms in total. The van der Waals surface area contributed by atoms with E-state index in [1.54, 1.807) is 0 Å². The van der Waals surface area contributed by atoms with Gasteiger partial charge in [0.15, 0.2) is 0 Å². The molecule has 2 aliphatic rings. The minimum atomic E-state index is 0. The van der Waals surface area contributed by atoms with Crippen LogP contribution in [0.2, 0.25) is 21.3 Å². The summed E-state index contributed by atoms with van der Waals surface area (Å²) in [6, 6.07) is 0. The van der Waals surface area contributed by atoms with Crippen molar-refractivity contribution < 1.29 is 40.6 Å². The molecule has 0 amide bonds. The summed E-state index contributed by atoms with van der Waals surface area (Å²) < 4.78 is 9.89. The van der Waals surface area contributed by atoms with Gasteiger partial charge in [0, 0.05) is 57.5 Å². The van der Waals surface area contributed by atoms with Crippen LogP contribution in [0.5, 0.6) is 0 Å². The molecule has 2 aliphatic heterocycles. The normalized spacial score (nSPS) is 15.4. The van der Waals surface area contributed by atoms with Crippen molar-refractivity contribution in [1.29, 1.82) is 0 Å². The quantitative estimate of drug-likeness (QED) is 0.266. The fraction of sp³-hybridized carbons (Fsp3) is 1.00. The van der Waals surface area contributed by atoms with Gasteiger partial charge in [0.25, 0.3) is 0 Å². The standard InChI is InChI=1S/4C6H13B.2C4H8O.U/c4*1-5(2)6(3,4)7;2*1-2-4-5-3-1;/h4*5H,1-4H3;2*1-4H2;/q4*-1;;;. The molecule has 0 aromatic rings. The van der Waals surface area contributed by atoms with Crippen LogP contribution in [-0.4, -0.2) is 57.8 Å². The van der Waals surface area contributed by atoms with Gasteiger partial charge in [0.2, 0.25) is 0 Å². The van der Waals surface area contributed by atoms with Gasteiger partial charge in [-0.25, -0.2) is 0 Å². The molecule has 12 radical (unpaired) electrons. The molecule has 0 aliphatic carbocycles. The van der Waals surface area contributed by atoms with Crippen molar-refractivity contribution in [3.05, 3.63) is 0 Å². The van der Waals surface area contributed by atoms with Crippen molar-refractivity contribution in [2.45, 2.75) is 158 Å². The summed E-state index contributed by atoms with van der Waals surface area (Å²) in [4.78, 5) is 0. The van der Waals surface area contributed by atoms with Crippen LogP contribution in [-0.2, 0) is 9.47 Å². The Balaban J connectivity index is -0.000000118. The first-order chi connectivity index (χ1) is 16.8. The maximum absolute atomic E-state index is 5.68. The van der Waals surface area contributed by atoms with Gasteiger partial charge >= 0.3 is 0 Å². The Morgan fingerprint density at radius 2 is 0.487 bits per heavy atom. The van der Waals surface area contributed by atoms with Gasteiger partial charge in [-0.2, -0.15) is 0 Å². The van der Waals surface area contributed by atoms with Crippen LogP contribution < -0.4 is 0 Å². The Labute approximate surface area is 278 Å². The minimum Gasteiger partial charge on any atom is -0.617 e. The zero-order chi connectivity index (χ0) is 31.4. The molecule has 0 atom stereocenters. The summed E-state index contributed by atoms with van der Waals surface area (Å²) >= 11 is 0. The third-order valence-corrected chi connectivity index (χ3v) is 7.61. The SMILES string of the molecule is C1CCOC1.C1CCOC1.[B-]C(C)(C)C(C)C.[B-]C(C)(C)C(C)C.[B-]C(C)(C)C(C)C.[B-]C(C)(C)C(C)C.[U]. The zero-order valence-electron chi connectivity index (χ0n) is 29.6. The zero-order valence-corrected chi connectivity index (χ0v) is 33.8. The van der Waals surface area contributed by atoms with E-state index in [4.69, 9.17) is 40.9 Å². The van der Waals surface area contributed by atoms with Crippen LogP contribution in [0.4, 0.5) is 0 Å². The van der Waals surface area contributed by atoms with Crippen LogP contribution in [0, 0.1) is 54.8 Å². The third kappa shape index (κ3) is 43.8. The van der Waals surface area contributed by atoms with E-state index in [-0.39, 0.29) is 52.4 Å². The van der Waals surface area contributed by atoms with Crippen molar-refractivity contribution in [3.8, 4) is 0 Å². The Kier molecular flexibility index (Phi) is 32.9. The molecule has 2 saturated heterocycles. The van der Waals surface area contributed by atoms with Crippen LogP contribution in [0.1, 0.15) is 136 Å². The molecule has 7 heteroatoms. The molecule has 0 spiro atoms. The number of hydrogen-bond donors (Lipinski definition) is 0. The van der Waals surface area contributed by atoms with Crippen LogP contribution >= 0.6 is 0 Å². The molecule has 2 rings (SSSR count). The molecule has 0 N–H and O–H groups in total. The van der Waals surface area contributed by atoms with E-state index in [0.29, 0.717) is 23.7 Å². The van der Waals surface area contributed by atoms with Gasteiger partial charge in [0.1, 0.15) is 0 Å². The summed E-state index contributed by atoms with van der Waals surface area (Å²) in [5.74, 6) is 2.31. The smallest absolute Gasteiger partial charge is 0.0466 e. The van der Waals surface area contributed by atoms with E-state index in [0.717, 1.165) is 26.4 Å². The van der Waals surface area contributed by atoms with E-state index in [2.05, 4.69) is 55.4 Å². The number of hydrogen-bond acceptors (Lipinski definition) is 2. The van der Waals surface area contributed by atoms with Gasteiger partial charge < -0.3 is 40.9 Å². The number of ether oxygens (including phenoxy) is 2. The summed E-state index contributed by atoms with van der Waals surface area (Å²) in [6.07, 6.45) is 5.11. The van der Waals surface area contributed by atoms with Crippen molar-refractivity contribution in [2.24, 2.45) is 23.7 Å². The maximum atomic E-state index is 5.68. The third-order valence-electron chi connectivity index (χ3n) is 7.61. The van der Waals surface area contributed by atoms with Gasteiger partial charge in [-0.3, -0.25) is 21.3 Å². The molecule has 0 saturated carbocycles. The second kappa shape index (κ2) is 25.7. The largest absolute Gasteiger partial charge is 0.617 e. The fourth-order valence-electron chi connectivity index (χ4n) is 1.02. The van der Waals surface area contributed by atoms with Crippen LogP contribution in [0.15, 0.2) is 0 Å². The Morgan fingerprint density at radius 3 is 0.513 bits per heavy atom. The number of rotatable bonds is 4. The molecule has 0 aromatic heterocycles. The van der Waals surface area contributed by atoms with E-state index in [1.165, 1.54) is 25.7 Å². The summed E-state index contributed by atoms with van der Waals surface area (Å²) in [6.45, 7) is 37.3. The van der Waals surface area contributed by atoms with E-state index in [9.17, 15) is 0 Å². The molecule has 0 bridgehead atoms. The van der Waals surface area contributed by atoms with E-state index < -0.39 is 0 Å². The maximum Gasteiger partial charge on any atom is 0.0466 e. The molecular weight excluding hydrogens is 698 g/mol. The molecule has 39 heavy (non-hydrogen) atoms. The minimum absolute atomic E-state index is 0. The molecule has 2 fully saturated rings. The molecule has 0 aromatic carbocycles. The average molecular weight is 766 g/mol. The Morgan fingerprint density at radius 1 is 0.385 bits per heavy atom. The van der Waals surface area contributed by atoms with Crippen molar-refractivity contribution >= 4 is 31.4 Å². The molecular formula is C32H68B4O2U-4. The fourth-order valence-corrected chi connectivity index (χ4v) is 1.02. The molecule has 2 heterocycles. The van der Waals surface area contributed by atoms with Crippen molar-refractivity contribution in [1.82, 2.24) is 0 Å². The van der Waals surface area contributed by atoms with Crippen molar-refractivity contribution in [2.75, 3.05) is 26.4 Å². The van der Waals surface area contributed by atoms with E-state index >= 15 is 0 Å². The van der Waals surface area contributed by atoms with Crippen LogP contribution in [0.25, 0.3) is 0 Å². The Bertz CT molecular complexity index is 393. The van der Waals surface area contributed by atoms with Gasteiger partial charge in [-0.1, -0.05) is 134 Å². The molecule has 228 valence electrons. The van der Waals surface area contributed by atoms with Crippen molar-refractivity contribution in [3.63, 3.8) is 0 Å². The van der Waals surface area contributed by atoms with Gasteiger partial charge in [0.05, 0.1) is 0 Å². The predicted molar refractivity (Wildman–Crippen MR) is 179 cm³/mol. The summed E-state index contributed by atoms with van der Waals surface area (Å²) in [5, 5.41) is 0.000000000000000888. The van der Waals surface area contributed by atoms with Gasteiger partial charge in [-0.15, -0.1) is 0 Å². The summed E-state index contributed by atoms with van der Waals surface area (Å²) in [7, 11) is 22.7. The first kappa shape index (κ1) is 49.9. The average Bonchev–Trinajstić information content (AvgIpc) is 3.45. The Hall–Kier alpha value is 1.23. The first-order valence-electron chi connectivity index (χ1n) is 15.1. The first-order valence-corrected chi connectivity index (χ1v) is 15.1. The monoisotopic (exact) mass is 767 g/mol. The topological polar surface area (TPSA) is 18.5 Å². The second-order valence-corrected chi connectivity index (χ2v) is 14.5. The second-order valence-electron chi connectivity index (χ2n) is 14.5. The summed E-state index contributed by atoms with van der Waals surface area (Å²) in [5.41, 5.74) is 0. The van der Waals surface area contributed by atoms with Gasteiger partial charge in [-0.05, 0) is 25.7 Å². The van der Waals surface area contributed by atoms with E-state index in [1.807, 2.05) is 55.4 Å². The predicted octanol–water partition coefficient (Wildman–Crippen LogP) is 9.63.